The van der Waals surface area contributed by atoms with Crippen molar-refractivity contribution in [2.75, 3.05) is 11.5 Å². The minimum Gasteiger partial charge on any atom is -0.143 e. The van der Waals surface area contributed by atoms with Gasteiger partial charge in [0.15, 0.2) is 0 Å². The van der Waals surface area contributed by atoms with E-state index < -0.39 is 0 Å². The lowest BCUT2D eigenvalue weighted by Crippen LogP contribution is -1.99. The van der Waals surface area contributed by atoms with Crippen molar-refractivity contribution in [3.05, 3.63) is 47.5 Å². The molecule has 1 heterocycles. The van der Waals surface area contributed by atoms with Crippen LogP contribution < -0.4 is 0 Å². The summed E-state index contributed by atoms with van der Waals surface area (Å²) in [6.45, 7) is 2.21. The van der Waals surface area contributed by atoms with Gasteiger partial charge >= 0.3 is 0 Å². The molecule has 0 unspecified atom stereocenters. The maximum Gasteiger partial charge on any atom is 0.0751 e. The summed E-state index contributed by atoms with van der Waals surface area (Å²) in [4.78, 5) is 0. The summed E-state index contributed by atoms with van der Waals surface area (Å²) in [6.07, 6.45) is 2.48. The van der Waals surface area contributed by atoms with E-state index in [9.17, 15) is 0 Å². The molecule has 0 spiro atoms. The van der Waals surface area contributed by atoms with Gasteiger partial charge in [0, 0.05) is 0 Å². The highest BCUT2D eigenvalue weighted by Gasteiger charge is 2.16. The van der Waals surface area contributed by atoms with E-state index in [-0.39, 0.29) is 0 Å². The van der Waals surface area contributed by atoms with Gasteiger partial charge in [-0.1, -0.05) is 37.3 Å². The molecule has 0 N–H and O–H groups in total. The third-order valence-corrected chi connectivity index (χ3v) is 6.45. The van der Waals surface area contributed by atoms with Crippen LogP contribution in [0.2, 0.25) is 0 Å². The lowest BCUT2D eigenvalue weighted by molar-refractivity contribution is 1.10. The second-order valence-corrected chi connectivity index (χ2v) is 7.45. The zero-order valence-electron chi connectivity index (χ0n) is 10.7. The Bertz CT molecular complexity index is 542. The molecule has 0 amide bonds. The first-order chi connectivity index (χ1) is 8.86. The van der Waals surface area contributed by atoms with Crippen molar-refractivity contribution in [1.82, 2.24) is 0 Å². The molecule has 1 saturated heterocycles. The zero-order chi connectivity index (χ0) is 12.4. The predicted octanol–water partition coefficient (Wildman–Crippen LogP) is 5.27. The second kappa shape index (κ2) is 5.58. The topological polar surface area (TPSA) is 0 Å². The minimum atomic E-state index is 0.647. The highest BCUT2D eigenvalue weighted by Crippen LogP contribution is 2.44. The summed E-state index contributed by atoms with van der Waals surface area (Å²) < 4.78 is 0.647. The first-order valence-electron chi connectivity index (χ1n) is 6.62. The first kappa shape index (κ1) is 12.4. The molecule has 2 aromatic carbocycles. The van der Waals surface area contributed by atoms with E-state index in [1.165, 1.54) is 39.8 Å². The Labute approximate surface area is 118 Å². The van der Waals surface area contributed by atoms with Crippen LogP contribution in [0.25, 0.3) is 10.8 Å². The first-order valence-corrected chi connectivity index (χ1v) is 8.72. The van der Waals surface area contributed by atoms with E-state index in [4.69, 9.17) is 0 Å². The molecule has 2 heteroatoms. The van der Waals surface area contributed by atoms with Gasteiger partial charge in [-0.05, 0) is 52.3 Å². The average molecular weight is 274 g/mol. The van der Waals surface area contributed by atoms with Gasteiger partial charge < -0.3 is 0 Å². The number of aryl methyl sites for hydroxylation is 1. The fourth-order valence-electron chi connectivity index (χ4n) is 2.36. The maximum atomic E-state index is 2.38. The molecular weight excluding hydrogens is 256 g/mol. The fraction of sp³-hybridized carbons (Fsp3) is 0.375. The van der Waals surface area contributed by atoms with E-state index in [0.29, 0.717) is 4.58 Å². The SMILES string of the molecule is CCc1ccc2cc(C3SCCCS3)ccc2c1. The maximum absolute atomic E-state index is 2.38. The molecule has 1 aliphatic heterocycles. The lowest BCUT2D eigenvalue weighted by atomic mass is 10.0. The molecular formula is C16H18S2. The number of hydrogen-bond acceptors (Lipinski definition) is 2. The van der Waals surface area contributed by atoms with E-state index in [2.05, 4.69) is 66.8 Å². The van der Waals surface area contributed by atoms with Crippen LogP contribution in [0.5, 0.6) is 0 Å². The van der Waals surface area contributed by atoms with Crippen molar-refractivity contribution in [2.45, 2.75) is 24.3 Å². The molecule has 0 aliphatic carbocycles. The van der Waals surface area contributed by atoms with Crippen molar-refractivity contribution >= 4 is 34.3 Å². The summed E-state index contributed by atoms with van der Waals surface area (Å²) in [5.74, 6) is 2.62. The van der Waals surface area contributed by atoms with Gasteiger partial charge in [-0.2, -0.15) is 0 Å². The number of fused-ring (bicyclic) bond motifs is 1. The van der Waals surface area contributed by atoms with Crippen molar-refractivity contribution in [3.63, 3.8) is 0 Å². The third kappa shape index (κ3) is 2.55. The molecule has 94 valence electrons. The number of rotatable bonds is 2. The van der Waals surface area contributed by atoms with Crippen LogP contribution in [0.4, 0.5) is 0 Å². The minimum absolute atomic E-state index is 0.647. The van der Waals surface area contributed by atoms with Gasteiger partial charge in [0.2, 0.25) is 0 Å². The molecule has 0 bridgehead atoms. The molecule has 0 nitrogen and oxygen atoms in total. The van der Waals surface area contributed by atoms with Crippen LogP contribution in [-0.4, -0.2) is 11.5 Å². The Hall–Kier alpha value is -0.600. The van der Waals surface area contributed by atoms with Crippen molar-refractivity contribution < 1.29 is 0 Å². The summed E-state index contributed by atoms with van der Waals surface area (Å²) >= 11 is 4.19. The van der Waals surface area contributed by atoms with Gasteiger partial charge in [0.05, 0.1) is 4.58 Å². The van der Waals surface area contributed by atoms with Gasteiger partial charge in [-0.15, -0.1) is 23.5 Å². The van der Waals surface area contributed by atoms with E-state index in [1.54, 1.807) is 0 Å². The van der Waals surface area contributed by atoms with Gasteiger partial charge in [0.25, 0.3) is 0 Å². The molecule has 3 rings (SSSR count). The Balaban J connectivity index is 1.95. The Morgan fingerprint density at radius 1 is 1.00 bits per heavy atom. The van der Waals surface area contributed by atoms with Crippen LogP contribution in [0.3, 0.4) is 0 Å². The summed E-state index contributed by atoms with van der Waals surface area (Å²) in [7, 11) is 0. The number of benzene rings is 2. The highest BCUT2D eigenvalue weighted by molar-refractivity contribution is 8.16. The van der Waals surface area contributed by atoms with Crippen molar-refractivity contribution in [2.24, 2.45) is 0 Å². The van der Waals surface area contributed by atoms with E-state index >= 15 is 0 Å². The fourth-order valence-corrected chi connectivity index (χ4v) is 5.23. The van der Waals surface area contributed by atoms with E-state index in [1.807, 2.05) is 0 Å². The van der Waals surface area contributed by atoms with Crippen LogP contribution in [0.1, 0.15) is 29.1 Å². The smallest absolute Gasteiger partial charge is 0.0751 e. The summed E-state index contributed by atoms with van der Waals surface area (Å²) in [5, 5.41) is 2.76. The Morgan fingerprint density at radius 3 is 2.50 bits per heavy atom. The van der Waals surface area contributed by atoms with Crippen LogP contribution >= 0.6 is 23.5 Å². The van der Waals surface area contributed by atoms with Gasteiger partial charge in [-0.25, -0.2) is 0 Å². The predicted molar refractivity (Wildman–Crippen MR) is 85.6 cm³/mol. The van der Waals surface area contributed by atoms with Crippen molar-refractivity contribution in [3.8, 4) is 0 Å². The van der Waals surface area contributed by atoms with Crippen LogP contribution in [-0.2, 0) is 6.42 Å². The van der Waals surface area contributed by atoms with Crippen LogP contribution in [0, 0.1) is 0 Å². The third-order valence-electron chi connectivity index (χ3n) is 3.44. The van der Waals surface area contributed by atoms with Gasteiger partial charge in [0.1, 0.15) is 0 Å². The normalized spacial score (nSPS) is 17.2. The number of hydrogen-bond donors (Lipinski definition) is 0. The molecule has 18 heavy (non-hydrogen) atoms. The monoisotopic (exact) mass is 274 g/mol. The standard InChI is InChI=1S/C16H18S2/c1-2-12-4-5-14-11-15(7-6-13(14)10-12)16-17-8-3-9-18-16/h4-7,10-11,16H,2-3,8-9H2,1H3. The zero-order valence-corrected chi connectivity index (χ0v) is 12.3. The summed E-state index contributed by atoms with van der Waals surface area (Å²) in [5.41, 5.74) is 2.91. The molecule has 1 aliphatic rings. The van der Waals surface area contributed by atoms with E-state index in [0.717, 1.165) is 6.42 Å². The average Bonchev–Trinajstić information content (AvgIpc) is 2.47. The van der Waals surface area contributed by atoms with Gasteiger partial charge in [-0.3, -0.25) is 0 Å². The van der Waals surface area contributed by atoms with Crippen molar-refractivity contribution in [1.29, 1.82) is 0 Å². The molecule has 0 saturated carbocycles. The molecule has 0 aromatic heterocycles. The Morgan fingerprint density at radius 2 is 1.72 bits per heavy atom. The highest BCUT2D eigenvalue weighted by atomic mass is 32.2. The second-order valence-electron chi connectivity index (χ2n) is 4.72. The molecule has 1 fully saturated rings. The Kier molecular flexibility index (Phi) is 3.86. The molecule has 0 atom stereocenters. The number of thioether (sulfide) groups is 2. The van der Waals surface area contributed by atoms with Crippen LogP contribution in [0.15, 0.2) is 36.4 Å². The molecule has 2 aromatic rings. The molecule has 0 radical (unpaired) electrons. The quantitative estimate of drug-likeness (QED) is 0.731. The largest absolute Gasteiger partial charge is 0.143 e. The summed E-state index contributed by atoms with van der Waals surface area (Å²) in [6, 6.07) is 13.8. The lowest BCUT2D eigenvalue weighted by Gasteiger charge is -2.21.